The van der Waals surface area contributed by atoms with E-state index in [1.165, 1.54) is 21.1 Å². The van der Waals surface area contributed by atoms with Gasteiger partial charge in [-0.1, -0.05) is 42.2 Å². The number of aromatic nitrogens is 4. The third kappa shape index (κ3) is 5.42. The van der Waals surface area contributed by atoms with Gasteiger partial charge in [-0.05, 0) is 42.3 Å². The molecule has 1 aliphatic heterocycles. The first-order valence-corrected chi connectivity index (χ1v) is 12.9. The molecule has 1 fully saturated rings. The van der Waals surface area contributed by atoms with Gasteiger partial charge >= 0.3 is 0 Å². The molecule has 0 unspecified atom stereocenters. The number of imidazole rings is 1. The SMILES string of the molecule is COc1ccc(CN2C(=O)/C(=C/c3c(NCCCn4ccnc4)nc4ccccn4c3=O)SC2=S)cc1. The molecule has 1 aliphatic rings. The number of hydrogen-bond donors (Lipinski definition) is 1. The molecule has 4 aromatic rings. The highest BCUT2D eigenvalue weighted by molar-refractivity contribution is 8.26. The highest BCUT2D eigenvalue weighted by atomic mass is 32.2. The van der Waals surface area contributed by atoms with Crippen molar-refractivity contribution in [1.29, 1.82) is 0 Å². The van der Waals surface area contributed by atoms with E-state index in [4.69, 9.17) is 17.0 Å². The number of ether oxygens (including phenoxy) is 1. The molecule has 11 heteroatoms. The van der Waals surface area contributed by atoms with E-state index in [-0.39, 0.29) is 11.5 Å². The quantitative estimate of drug-likeness (QED) is 0.198. The summed E-state index contributed by atoms with van der Waals surface area (Å²) in [6, 6.07) is 12.8. The first kappa shape index (κ1) is 24.7. The molecule has 0 aliphatic carbocycles. The predicted octanol–water partition coefficient (Wildman–Crippen LogP) is 3.80. The summed E-state index contributed by atoms with van der Waals surface area (Å²) in [7, 11) is 1.61. The van der Waals surface area contributed by atoms with E-state index >= 15 is 0 Å². The molecule has 0 atom stereocenters. The highest BCUT2D eigenvalue weighted by Gasteiger charge is 2.32. The number of hydrogen-bond acceptors (Lipinski definition) is 8. The number of amides is 1. The Kier molecular flexibility index (Phi) is 7.33. The largest absolute Gasteiger partial charge is 0.497 e. The second-order valence-corrected chi connectivity index (χ2v) is 9.98. The molecule has 0 saturated carbocycles. The van der Waals surface area contributed by atoms with Gasteiger partial charge in [0.05, 0.1) is 30.5 Å². The molecule has 1 N–H and O–H groups in total. The van der Waals surface area contributed by atoms with Crippen LogP contribution in [0.1, 0.15) is 17.5 Å². The summed E-state index contributed by atoms with van der Waals surface area (Å²) >= 11 is 6.69. The van der Waals surface area contributed by atoms with E-state index in [9.17, 15) is 9.59 Å². The molecule has 9 nitrogen and oxygen atoms in total. The third-order valence-electron chi connectivity index (χ3n) is 5.86. The van der Waals surface area contributed by atoms with Crippen LogP contribution in [0.5, 0.6) is 5.75 Å². The van der Waals surface area contributed by atoms with E-state index < -0.39 is 0 Å². The molecule has 0 radical (unpaired) electrons. The van der Waals surface area contributed by atoms with E-state index in [0.29, 0.717) is 39.3 Å². The number of rotatable bonds is 9. The van der Waals surface area contributed by atoms with E-state index in [1.54, 1.807) is 44.0 Å². The topological polar surface area (TPSA) is 93.8 Å². The molecule has 188 valence electrons. The van der Waals surface area contributed by atoms with Crippen LogP contribution in [0, 0.1) is 0 Å². The van der Waals surface area contributed by atoms with Gasteiger partial charge in [-0.3, -0.25) is 18.9 Å². The van der Waals surface area contributed by atoms with Crippen molar-refractivity contribution in [3.05, 3.63) is 93.8 Å². The third-order valence-corrected chi connectivity index (χ3v) is 7.24. The predicted molar refractivity (Wildman–Crippen MR) is 149 cm³/mol. The van der Waals surface area contributed by atoms with Gasteiger partial charge in [-0.15, -0.1) is 0 Å². The van der Waals surface area contributed by atoms with Gasteiger partial charge < -0.3 is 14.6 Å². The second kappa shape index (κ2) is 11.0. The number of nitrogens with one attached hydrogen (secondary N) is 1. The van der Waals surface area contributed by atoms with E-state index in [2.05, 4.69) is 15.3 Å². The minimum absolute atomic E-state index is 0.241. The fraction of sp³-hybridized carbons (Fsp3) is 0.192. The Morgan fingerprint density at radius 2 is 1.97 bits per heavy atom. The Morgan fingerprint density at radius 1 is 1.14 bits per heavy atom. The molecule has 1 saturated heterocycles. The monoisotopic (exact) mass is 532 g/mol. The first-order valence-electron chi connectivity index (χ1n) is 11.6. The Morgan fingerprint density at radius 3 is 2.73 bits per heavy atom. The van der Waals surface area contributed by atoms with Crippen molar-refractivity contribution >= 4 is 51.7 Å². The van der Waals surface area contributed by atoms with Crippen LogP contribution >= 0.6 is 24.0 Å². The number of fused-ring (bicyclic) bond motifs is 1. The summed E-state index contributed by atoms with van der Waals surface area (Å²) in [4.78, 5) is 37.4. The van der Waals surface area contributed by atoms with Crippen molar-refractivity contribution in [1.82, 2.24) is 23.8 Å². The van der Waals surface area contributed by atoms with Crippen molar-refractivity contribution < 1.29 is 9.53 Å². The van der Waals surface area contributed by atoms with Crippen LogP contribution in [0.4, 0.5) is 5.82 Å². The lowest BCUT2D eigenvalue weighted by Gasteiger charge is -2.14. The van der Waals surface area contributed by atoms with Gasteiger partial charge in [0, 0.05) is 31.7 Å². The summed E-state index contributed by atoms with van der Waals surface area (Å²) in [5.41, 5.74) is 1.50. The normalized spacial score (nSPS) is 14.6. The maximum absolute atomic E-state index is 13.4. The minimum Gasteiger partial charge on any atom is -0.497 e. The van der Waals surface area contributed by atoms with Crippen LogP contribution in [0.3, 0.4) is 0 Å². The Bertz CT molecular complexity index is 1530. The lowest BCUT2D eigenvalue weighted by molar-refractivity contribution is -0.122. The Labute approximate surface area is 222 Å². The lowest BCUT2D eigenvalue weighted by atomic mass is 10.2. The number of carbonyl (C=O) groups is 1. The van der Waals surface area contributed by atoms with Gasteiger partial charge in [0.2, 0.25) is 0 Å². The number of benzene rings is 1. The number of thiocarbonyl (C=S) groups is 1. The summed E-state index contributed by atoms with van der Waals surface area (Å²) in [5.74, 6) is 0.931. The van der Waals surface area contributed by atoms with Crippen molar-refractivity contribution in [2.75, 3.05) is 19.0 Å². The maximum atomic E-state index is 13.4. The molecule has 5 rings (SSSR count). The fourth-order valence-corrected chi connectivity index (χ4v) is 5.17. The smallest absolute Gasteiger partial charge is 0.267 e. The number of carbonyl (C=O) groups excluding carboxylic acids is 1. The maximum Gasteiger partial charge on any atom is 0.267 e. The zero-order chi connectivity index (χ0) is 25.8. The number of aryl methyl sites for hydroxylation is 1. The van der Waals surface area contributed by atoms with Crippen LogP contribution in [0.2, 0.25) is 0 Å². The van der Waals surface area contributed by atoms with Crippen molar-refractivity contribution in [3.63, 3.8) is 0 Å². The number of methoxy groups -OCH3 is 1. The first-order chi connectivity index (χ1) is 18.0. The van der Waals surface area contributed by atoms with Crippen molar-refractivity contribution in [2.24, 2.45) is 0 Å². The molecule has 37 heavy (non-hydrogen) atoms. The van der Waals surface area contributed by atoms with Crippen LogP contribution in [-0.2, 0) is 17.9 Å². The summed E-state index contributed by atoms with van der Waals surface area (Å²) < 4.78 is 9.10. The second-order valence-electron chi connectivity index (χ2n) is 8.30. The molecule has 1 amide bonds. The van der Waals surface area contributed by atoms with Gasteiger partial charge in [0.15, 0.2) is 0 Å². The molecule has 0 bridgehead atoms. The van der Waals surface area contributed by atoms with Crippen molar-refractivity contribution in [2.45, 2.75) is 19.5 Å². The summed E-state index contributed by atoms with van der Waals surface area (Å²) in [6.45, 7) is 1.70. The number of pyridine rings is 1. The average Bonchev–Trinajstić information content (AvgIpc) is 3.53. The highest BCUT2D eigenvalue weighted by Crippen LogP contribution is 2.34. The lowest BCUT2D eigenvalue weighted by Crippen LogP contribution is -2.27. The average molecular weight is 533 g/mol. The zero-order valence-electron chi connectivity index (χ0n) is 20.0. The molecular weight excluding hydrogens is 508 g/mol. The van der Waals surface area contributed by atoms with Crippen LogP contribution in [0.15, 0.2) is 77.1 Å². The molecule has 0 spiro atoms. The molecule has 1 aromatic carbocycles. The van der Waals surface area contributed by atoms with E-state index in [1.807, 2.05) is 41.1 Å². The number of nitrogens with zero attached hydrogens (tertiary/aromatic N) is 5. The number of thioether (sulfide) groups is 1. The van der Waals surface area contributed by atoms with E-state index in [0.717, 1.165) is 24.3 Å². The molecule has 3 aromatic heterocycles. The van der Waals surface area contributed by atoms with Crippen LogP contribution in [0.25, 0.3) is 11.7 Å². The van der Waals surface area contributed by atoms with Crippen molar-refractivity contribution in [3.8, 4) is 5.75 Å². The summed E-state index contributed by atoms with van der Waals surface area (Å²) in [5, 5.41) is 3.29. The number of anilines is 1. The van der Waals surface area contributed by atoms with Gasteiger partial charge in [-0.2, -0.15) is 0 Å². The molecule has 4 heterocycles. The Balaban J connectivity index is 1.41. The standard InChI is InChI=1S/C26H24N6O3S2/c1-35-19-8-6-18(7-9-19)16-32-25(34)21(37-26(32)36)15-20-23(28-10-4-12-30-14-11-27-17-30)29-22-5-2-3-13-31(22)24(20)33/h2-3,5-9,11,13-15,17,28H,4,10,12,16H2,1H3/b21-15-. The van der Waals surface area contributed by atoms with Gasteiger partial charge in [0.25, 0.3) is 11.5 Å². The minimum atomic E-state index is -0.261. The van der Waals surface area contributed by atoms with Crippen LogP contribution in [-0.4, -0.2) is 47.7 Å². The van der Waals surface area contributed by atoms with Gasteiger partial charge in [-0.25, -0.2) is 9.97 Å². The summed E-state index contributed by atoms with van der Waals surface area (Å²) in [6.07, 6.45) is 9.47. The van der Waals surface area contributed by atoms with Gasteiger partial charge in [0.1, 0.15) is 21.5 Å². The zero-order valence-corrected chi connectivity index (χ0v) is 21.7. The van der Waals surface area contributed by atoms with Crippen LogP contribution < -0.4 is 15.6 Å². The molecular formula is C26H24N6O3S2. The Hall–Kier alpha value is -3.96. The fourth-order valence-electron chi connectivity index (χ4n) is 3.94.